The van der Waals surface area contributed by atoms with Gasteiger partial charge in [0.25, 0.3) is 5.91 Å². The van der Waals surface area contributed by atoms with E-state index in [9.17, 15) is 4.79 Å². The second-order valence-corrected chi connectivity index (χ2v) is 4.01. The molecular weight excluding hydrogens is 263 g/mol. The molecule has 90 valence electrons. The fourth-order valence-electron chi connectivity index (χ4n) is 1.14. The fourth-order valence-corrected chi connectivity index (χ4v) is 1.43. The Morgan fingerprint density at radius 3 is 2.82 bits per heavy atom. The second kappa shape index (κ2) is 7.01. The first kappa shape index (κ1) is 13.6. The van der Waals surface area contributed by atoms with E-state index in [-0.39, 0.29) is 5.91 Å². The zero-order valence-corrected chi connectivity index (χ0v) is 10.4. The number of azide groups is 1. The van der Waals surface area contributed by atoms with Crippen LogP contribution in [0.2, 0.25) is 10.0 Å². The molecule has 0 spiro atoms. The molecule has 0 radical (unpaired) electrons. The first-order valence-corrected chi connectivity index (χ1v) is 5.65. The number of nitrogens with one attached hydrogen (secondary N) is 1. The van der Waals surface area contributed by atoms with Crippen LogP contribution in [0.5, 0.6) is 0 Å². The molecule has 0 aromatic heterocycles. The lowest BCUT2D eigenvalue weighted by molar-refractivity contribution is 0.0953. The minimum atomic E-state index is -0.232. The van der Waals surface area contributed by atoms with Gasteiger partial charge in [-0.1, -0.05) is 28.3 Å². The minimum absolute atomic E-state index is 0.232. The van der Waals surface area contributed by atoms with Crippen LogP contribution in [-0.4, -0.2) is 19.0 Å². The normalized spacial score (nSPS) is 9.53. The summed E-state index contributed by atoms with van der Waals surface area (Å²) in [6.07, 6.45) is 0.594. The summed E-state index contributed by atoms with van der Waals surface area (Å²) in [5.74, 6) is -0.232. The molecule has 0 fully saturated rings. The monoisotopic (exact) mass is 272 g/mol. The Morgan fingerprint density at radius 1 is 1.41 bits per heavy atom. The summed E-state index contributed by atoms with van der Waals surface area (Å²) >= 11 is 11.5. The molecule has 0 saturated carbocycles. The summed E-state index contributed by atoms with van der Waals surface area (Å²) < 4.78 is 0. The van der Waals surface area contributed by atoms with Crippen LogP contribution < -0.4 is 5.32 Å². The highest BCUT2D eigenvalue weighted by molar-refractivity contribution is 6.42. The number of hydrogen-bond donors (Lipinski definition) is 1. The molecule has 0 bridgehead atoms. The molecule has 7 heteroatoms. The van der Waals surface area contributed by atoms with Crippen molar-refractivity contribution < 1.29 is 4.79 Å². The smallest absolute Gasteiger partial charge is 0.251 e. The highest BCUT2D eigenvalue weighted by Gasteiger charge is 2.06. The number of carbonyl (C=O) groups is 1. The van der Waals surface area contributed by atoms with Crippen molar-refractivity contribution in [1.29, 1.82) is 0 Å². The molecule has 0 heterocycles. The van der Waals surface area contributed by atoms with Crippen LogP contribution >= 0.6 is 23.2 Å². The van der Waals surface area contributed by atoms with Gasteiger partial charge < -0.3 is 5.32 Å². The summed E-state index contributed by atoms with van der Waals surface area (Å²) in [4.78, 5) is 14.2. The van der Waals surface area contributed by atoms with E-state index in [0.717, 1.165) is 0 Å². The van der Waals surface area contributed by atoms with Crippen molar-refractivity contribution in [2.45, 2.75) is 6.42 Å². The van der Waals surface area contributed by atoms with Crippen molar-refractivity contribution in [2.75, 3.05) is 13.1 Å². The van der Waals surface area contributed by atoms with Crippen LogP contribution in [0.1, 0.15) is 16.8 Å². The second-order valence-electron chi connectivity index (χ2n) is 3.19. The van der Waals surface area contributed by atoms with E-state index in [1.165, 1.54) is 6.07 Å². The molecule has 5 nitrogen and oxygen atoms in total. The molecule has 0 unspecified atom stereocenters. The van der Waals surface area contributed by atoms with Crippen LogP contribution in [0.3, 0.4) is 0 Å². The molecule has 0 aliphatic carbocycles. The fraction of sp³-hybridized carbons (Fsp3) is 0.300. The van der Waals surface area contributed by atoms with Gasteiger partial charge in [-0.3, -0.25) is 4.79 Å². The Hall–Kier alpha value is -1.42. The lowest BCUT2D eigenvalue weighted by Crippen LogP contribution is -2.24. The quantitative estimate of drug-likeness (QED) is 0.379. The zero-order valence-electron chi connectivity index (χ0n) is 8.86. The molecule has 1 N–H and O–H groups in total. The molecule has 0 aliphatic heterocycles. The van der Waals surface area contributed by atoms with Crippen LogP contribution in [0.15, 0.2) is 23.3 Å². The van der Waals surface area contributed by atoms with E-state index in [4.69, 9.17) is 28.7 Å². The van der Waals surface area contributed by atoms with Crippen molar-refractivity contribution in [2.24, 2.45) is 5.11 Å². The number of hydrogen-bond acceptors (Lipinski definition) is 2. The van der Waals surface area contributed by atoms with E-state index in [1.54, 1.807) is 12.1 Å². The number of rotatable bonds is 5. The topological polar surface area (TPSA) is 77.9 Å². The highest BCUT2D eigenvalue weighted by atomic mass is 35.5. The van der Waals surface area contributed by atoms with Crippen molar-refractivity contribution >= 4 is 29.1 Å². The van der Waals surface area contributed by atoms with Crippen molar-refractivity contribution in [1.82, 2.24) is 5.32 Å². The largest absolute Gasteiger partial charge is 0.352 e. The number of halogens is 2. The van der Waals surface area contributed by atoms with Crippen LogP contribution in [0.4, 0.5) is 0 Å². The molecule has 1 amide bonds. The van der Waals surface area contributed by atoms with Crippen LogP contribution in [-0.2, 0) is 0 Å². The van der Waals surface area contributed by atoms with Gasteiger partial charge in [-0.15, -0.1) is 0 Å². The van der Waals surface area contributed by atoms with Gasteiger partial charge in [0.15, 0.2) is 0 Å². The lowest BCUT2D eigenvalue weighted by atomic mass is 10.2. The maximum Gasteiger partial charge on any atom is 0.251 e. The van der Waals surface area contributed by atoms with Gasteiger partial charge in [0.05, 0.1) is 10.0 Å². The predicted molar refractivity (Wildman–Crippen MR) is 67.4 cm³/mol. The Balaban J connectivity index is 2.46. The summed E-state index contributed by atoms with van der Waals surface area (Å²) in [5.41, 5.74) is 8.50. The molecule has 1 aromatic rings. The summed E-state index contributed by atoms with van der Waals surface area (Å²) in [6.45, 7) is 0.802. The Morgan fingerprint density at radius 2 is 2.18 bits per heavy atom. The SMILES string of the molecule is [N-]=[N+]=NCCCNC(=O)c1ccc(Cl)c(Cl)c1. The molecule has 1 aromatic carbocycles. The molecule has 17 heavy (non-hydrogen) atoms. The van der Waals surface area contributed by atoms with Gasteiger partial charge in [-0.25, -0.2) is 0 Å². The molecular formula is C10H10Cl2N4O. The van der Waals surface area contributed by atoms with Gasteiger partial charge in [0.2, 0.25) is 0 Å². The standard InChI is InChI=1S/C10H10Cl2N4O/c11-8-3-2-7(6-9(8)12)10(17)14-4-1-5-15-16-13/h2-3,6H,1,4-5H2,(H,14,17). The molecule has 0 atom stereocenters. The third-order valence-corrected chi connectivity index (χ3v) is 2.70. The van der Waals surface area contributed by atoms with E-state index in [1.807, 2.05) is 0 Å². The van der Waals surface area contributed by atoms with Gasteiger partial charge in [0, 0.05) is 23.6 Å². The van der Waals surface area contributed by atoms with Gasteiger partial charge in [-0.2, -0.15) is 0 Å². The van der Waals surface area contributed by atoms with Gasteiger partial charge in [-0.05, 0) is 30.2 Å². The van der Waals surface area contributed by atoms with Crippen LogP contribution in [0, 0.1) is 0 Å². The zero-order chi connectivity index (χ0) is 12.7. The third kappa shape index (κ3) is 4.53. The lowest BCUT2D eigenvalue weighted by Gasteiger charge is -2.04. The predicted octanol–water partition coefficient (Wildman–Crippen LogP) is 3.42. The minimum Gasteiger partial charge on any atom is -0.352 e. The summed E-state index contributed by atoms with van der Waals surface area (Å²) in [5, 5.41) is 6.79. The summed E-state index contributed by atoms with van der Waals surface area (Å²) in [7, 11) is 0. The highest BCUT2D eigenvalue weighted by Crippen LogP contribution is 2.22. The molecule has 1 rings (SSSR count). The Labute approximate surface area is 108 Å². The number of benzene rings is 1. The maximum atomic E-state index is 11.6. The van der Waals surface area contributed by atoms with Crippen molar-refractivity contribution in [3.05, 3.63) is 44.3 Å². The number of amides is 1. The van der Waals surface area contributed by atoms with Gasteiger partial charge >= 0.3 is 0 Å². The van der Waals surface area contributed by atoms with Crippen molar-refractivity contribution in [3.8, 4) is 0 Å². The first-order chi connectivity index (χ1) is 8.15. The maximum absolute atomic E-state index is 11.6. The third-order valence-electron chi connectivity index (χ3n) is 1.97. The Kier molecular flexibility index (Phi) is 5.63. The number of nitrogens with zero attached hydrogens (tertiary/aromatic N) is 3. The van der Waals surface area contributed by atoms with E-state index >= 15 is 0 Å². The van der Waals surface area contributed by atoms with Crippen LogP contribution in [0.25, 0.3) is 10.4 Å². The molecule has 0 aliphatic rings. The van der Waals surface area contributed by atoms with E-state index in [2.05, 4.69) is 15.3 Å². The van der Waals surface area contributed by atoms with E-state index < -0.39 is 0 Å². The average Bonchev–Trinajstić information content (AvgIpc) is 2.32. The summed E-state index contributed by atoms with van der Waals surface area (Å²) in [6, 6.07) is 4.67. The van der Waals surface area contributed by atoms with Crippen molar-refractivity contribution in [3.63, 3.8) is 0 Å². The van der Waals surface area contributed by atoms with Gasteiger partial charge in [0.1, 0.15) is 0 Å². The average molecular weight is 273 g/mol. The molecule has 0 saturated heterocycles. The number of carbonyl (C=O) groups excluding carboxylic acids is 1. The Bertz CT molecular complexity index is 458. The first-order valence-electron chi connectivity index (χ1n) is 4.89. The van der Waals surface area contributed by atoms with E-state index in [0.29, 0.717) is 35.1 Å².